The van der Waals surface area contributed by atoms with E-state index in [-0.39, 0.29) is 5.97 Å². The molecule has 0 amide bonds. The van der Waals surface area contributed by atoms with Crippen molar-refractivity contribution >= 4 is 33.2 Å². The average molecular weight is 354 g/mol. The quantitative estimate of drug-likeness (QED) is 0.762. The monoisotopic (exact) mass is 353 g/mol. The number of rotatable bonds is 5. The second kappa shape index (κ2) is 7.02. The summed E-state index contributed by atoms with van der Waals surface area (Å²) in [5, 5.41) is 2.13. The van der Waals surface area contributed by atoms with Gasteiger partial charge in [-0.25, -0.2) is 4.79 Å². The second-order valence-electron chi connectivity index (χ2n) is 4.58. The number of hydrogen-bond acceptors (Lipinski definition) is 4. The van der Waals surface area contributed by atoms with Crippen LogP contribution in [0.4, 0.5) is 0 Å². The highest BCUT2D eigenvalue weighted by Gasteiger charge is 2.12. The predicted molar refractivity (Wildman–Crippen MR) is 85.0 cm³/mol. The lowest BCUT2D eigenvalue weighted by Crippen LogP contribution is -2.19. The molecule has 0 radical (unpaired) electrons. The van der Waals surface area contributed by atoms with Gasteiger partial charge in [0.2, 0.25) is 0 Å². The summed E-state index contributed by atoms with van der Waals surface area (Å²) in [4.78, 5) is 13.9. The zero-order chi connectivity index (χ0) is 14.5. The molecule has 3 nitrogen and oxygen atoms in total. The SMILES string of the molecule is COC(=O)c1ccccc1CN(C)Cc1csc(Br)c1. The second-order valence-corrected chi connectivity index (χ2v) is 6.87. The molecule has 0 aliphatic heterocycles. The average Bonchev–Trinajstić information content (AvgIpc) is 2.83. The van der Waals surface area contributed by atoms with Crippen molar-refractivity contribution in [3.05, 3.63) is 56.2 Å². The van der Waals surface area contributed by atoms with Crippen LogP contribution in [0.1, 0.15) is 21.5 Å². The van der Waals surface area contributed by atoms with E-state index in [0.29, 0.717) is 12.1 Å². The van der Waals surface area contributed by atoms with E-state index in [2.05, 4.69) is 32.3 Å². The number of carbonyl (C=O) groups is 1. The summed E-state index contributed by atoms with van der Waals surface area (Å²) >= 11 is 5.15. The van der Waals surface area contributed by atoms with Crippen LogP contribution in [0.3, 0.4) is 0 Å². The number of carbonyl (C=O) groups excluding carboxylic acids is 1. The van der Waals surface area contributed by atoms with Gasteiger partial charge in [-0.05, 0) is 51.6 Å². The first-order valence-corrected chi connectivity index (χ1v) is 7.85. The maximum atomic E-state index is 11.7. The molecule has 2 rings (SSSR count). The molecule has 0 unspecified atom stereocenters. The molecule has 0 bridgehead atoms. The Bertz CT molecular complexity index is 597. The third kappa shape index (κ3) is 3.91. The van der Waals surface area contributed by atoms with E-state index in [1.165, 1.54) is 12.7 Å². The molecule has 2 aromatic rings. The van der Waals surface area contributed by atoms with Crippen LogP contribution in [-0.2, 0) is 17.8 Å². The number of benzene rings is 1. The Morgan fingerprint density at radius 1 is 1.35 bits per heavy atom. The minimum absolute atomic E-state index is 0.285. The molecule has 1 aromatic carbocycles. The maximum Gasteiger partial charge on any atom is 0.338 e. The minimum Gasteiger partial charge on any atom is -0.465 e. The molecule has 0 aliphatic rings. The Kier molecular flexibility index (Phi) is 5.34. The molecule has 1 heterocycles. The van der Waals surface area contributed by atoms with Gasteiger partial charge in [0.05, 0.1) is 16.5 Å². The van der Waals surface area contributed by atoms with Crippen molar-refractivity contribution < 1.29 is 9.53 Å². The van der Waals surface area contributed by atoms with Crippen molar-refractivity contribution in [2.24, 2.45) is 0 Å². The number of halogens is 1. The molecule has 0 spiro atoms. The standard InChI is InChI=1S/C15H16BrNO2S/c1-17(8-11-7-14(16)20-10-11)9-12-5-3-4-6-13(12)15(18)19-2/h3-7,10H,8-9H2,1-2H3. The lowest BCUT2D eigenvalue weighted by Gasteiger charge is -2.17. The van der Waals surface area contributed by atoms with Gasteiger partial charge in [0.15, 0.2) is 0 Å². The molecule has 0 atom stereocenters. The third-order valence-corrected chi connectivity index (χ3v) is 4.49. The zero-order valence-electron chi connectivity index (χ0n) is 11.4. The van der Waals surface area contributed by atoms with Gasteiger partial charge in [-0.15, -0.1) is 11.3 Å². The van der Waals surface area contributed by atoms with Gasteiger partial charge in [-0.3, -0.25) is 4.90 Å². The highest BCUT2D eigenvalue weighted by atomic mass is 79.9. The minimum atomic E-state index is -0.285. The summed E-state index contributed by atoms with van der Waals surface area (Å²) in [6, 6.07) is 9.68. The highest BCUT2D eigenvalue weighted by molar-refractivity contribution is 9.11. The van der Waals surface area contributed by atoms with Crippen molar-refractivity contribution in [3.8, 4) is 0 Å². The fourth-order valence-corrected chi connectivity index (χ4v) is 3.25. The number of methoxy groups -OCH3 is 1. The van der Waals surface area contributed by atoms with Crippen molar-refractivity contribution in [1.82, 2.24) is 4.90 Å². The molecule has 106 valence electrons. The number of ether oxygens (including phenoxy) is 1. The van der Waals surface area contributed by atoms with Gasteiger partial charge in [0.25, 0.3) is 0 Å². The van der Waals surface area contributed by atoms with Crippen LogP contribution in [0.15, 0.2) is 39.5 Å². The Labute approximate surface area is 131 Å². The van der Waals surface area contributed by atoms with Crippen LogP contribution in [0, 0.1) is 0 Å². The van der Waals surface area contributed by atoms with E-state index in [1.807, 2.05) is 25.2 Å². The molecule has 0 fully saturated rings. The van der Waals surface area contributed by atoms with Crippen LogP contribution in [-0.4, -0.2) is 25.0 Å². The maximum absolute atomic E-state index is 11.7. The molecule has 20 heavy (non-hydrogen) atoms. The summed E-state index contributed by atoms with van der Waals surface area (Å²) in [5.41, 5.74) is 2.88. The Morgan fingerprint density at radius 3 is 2.75 bits per heavy atom. The Hall–Kier alpha value is -1.17. The van der Waals surface area contributed by atoms with Gasteiger partial charge in [-0.2, -0.15) is 0 Å². The molecule has 0 N–H and O–H groups in total. The van der Waals surface area contributed by atoms with Gasteiger partial charge in [0, 0.05) is 13.1 Å². The summed E-state index contributed by atoms with van der Waals surface area (Å²) in [6.45, 7) is 1.55. The highest BCUT2D eigenvalue weighted by Crippen LogP contribution is 2.22. The first kappa shape index (κ1) is 15.2. The first-order chi connectivity index (χ1) is 9.60. The molecule has 0 saturated carbocycles. The Balaban J connectivity index is 2.07. The first-order valence-electron chi connectivity index (χ1n) is 6.18. The smallest absolute Gasteiger partial charge is 0.338 e. The van der Waals surface area contributed by atoms with Crippen molar-refractivity contribution in [1.29, 1.82) is 0 Å². The van der Waals surface area contributed by atoms with Gasteiger partial charge < -0.3 is 4.74 Å². The van der Waals surface area contributed by atoms with E-state index in [9.17, 15) is 4.79 Å². The molecule has 0 saturated heterocycles. The molecule has 1 aromatic heterocycles. The van der Waals surface area contributed by atoms with Crippen molar-refractivity contribution in [2.45, 2.75) is 13.1 Å². The van der Waals surface area contributed by atoms with Crippen LogP contribution in [0.5, 0.6) is 0 Å². The lowest BCUT2D eigenvalue weighted by molar-refractivity contribution is 0.0598. The van der Waals surface area contributed by atoms with Gasteiger partial charge in [0.1, 0.15) is 0 Å². The van der Waals surface area contributed by atoms with E-state index >= 15 is 0 Å². The molecule has 5 heteroatoms. The van der Waals surface area contributed by atoms with Crippen LogP contribution in [0.2, 0.25) is 0 Å². The topological polar surface area (TPSA) is 29.5 Å². The summed E-state index contributed by atoms with van der Waals surface area (Å²) in [6.07, 6.45) is 0. The van der Waals surface area contributed by atoms with Crippen molar-refractivity contribution in [3.63, 3.8) is 0 Å². The number of hydrogen-bond donors (Lipinski definition) is 0. The van der Waals surface area contributed by atoms with Gasteiger partial charge >= 0.3 is 5.97 Å². The van der Waals surface area contributed by atoms with Crippen LogP contribution >= 0.6 is 27.3 Å². The van der Waals surface area contributed by atoms with E-state index in [4.69, 9.17) is 4.74 Å². The molecule has 0 aliphatic carbocycles. The van der Waals surface area contributed by atoms with Crippen LogP contribution in [0.25, 0.3) is 0 Å². The number of esters is 1. The number of thiophene rings is 1. The van der Waals surface area contributed by atoms with Gasteiger partial charge in [-0.1, -0.05) is 18.2 Å². The lowest BCUT2D eigenvalue weighted by atomic mass is 10.1. The fourth-order valence-electron chi connectivity index (χ4n) is 2.05. The summed E-state index contributed by atoms with van der Waals surface area (Å²) < 4.78 is 5.95. The van der Waals surface area contributed by atoms with E-state index in [0.717, 1.165) is 15.9 Å². The molecular weight excluding hydrogens is 338 g/mol. The third-order valence-electron chi connectivity index (χ3n) is 2.94. The normalized spacial score (nSPS) is 10.8. The van der Waals surface area contributed by atoms with E-state index < -0.39 is 0 Å². The molecular formula is C15H16BrNO2S. The fraction of sp³-hybridized carbons (Fsp3) is 0.267. The summed E-state index contributed by atoms with van der Waals surface area (Å²) in [5.74, 6) is -0.285. The van der Waals surface area contributed by atoms with E-state index in [1.54, 1.807) is 17.4 Å². The largest absolute Gasteiger partial charge is 0.465 e. The summed E-state index contributed by atoms with van der Waals surface area (Å²) in [7, 11) is 3.45. The van der Waals surface area contributed by atoms with Crippen molar-refractivity contribution in [2.75, 3.05) is 14.2 Å². The van der Waals surface area contributed by atoms with Crippen LogP contribution < -0.4 is 0 Å². The predicted octanol–water partition coefficient (Wildman–Crippen LogP) is 3.93. The zero-order valence-corrected chi connectivity index (χ0v) is 13.8. The Morgan fingerprint density at radius 2 is 2.10 bits per heavy atom. The number of nitrogens with zero attached hydrogens (tertiary/aromatic N) is 1.